The van der Waals surface area contributed by atoms with Gasteiger partial charge in [-0.05, 0) is 29.8 Å². The van der Waals surface area contributed by atoms with Crippen LogP contribution in [0.15, 0.2) is 30.3 Å². The number of hydrogen-bond donors (Lipinski definition) is 1. The van der Waals surface area contributed by atoms with E-state index < -0.39 is 36.3 Å². The molecule has 2 amide bonds. The van der Waals surface area contributed by atoms with Gasteiger partial charge >= 0.3 is 18.2 Å². The number of imide groups is 1. The molecule has 0 aliphatic carbocycles. The first-order valence-corrected chi connectivity index (χ1v) is 7.99. The first-order valence-electron chi connectivity index (χ1n) is 7.99. The molecule has 2 aromatic carbocycles. The van der Waals surface area contributed by atoms with Crippen LogP contribution in [0.5, 0.6) is 5.75 Å². The van der Waals surface area contributed by atoms with Crippen molar-refractivity contribution >= 4 is 28.7 Å². The molecule has 0 spiro atoms. The predicted molar refractivity (Wildman–Crippen MR) is 91.2 cm³/mol. The third-order valence-electron chi connectivity index (χ3n) is 3.79. The summed E-state index contributed by atoms with van der Waals surface area (Å²) in [6.07, 6.45) is -5.92. The lowest BCUT2D eigenvalue weighted by Gasteiger charge is -2.21. The highest BCUT2D eigenvalue weighted by Crippen LogP contribution is 2.38. The number of amides is 2. The van der Waals surface area contributed by atoms with E-state index >= 15 is 0 Å². The number of methoxy groups -OCH3 is 1. The zero-order chi connectivity index (χ0) is 21.1. The van der Waals surface area contributed by atoms with Crippen LogP contribution in [0.1, 0.15) is 22.8 Å². The van der Waals surface area contributed by atoms with E-state index in [2.05, 4.69) is 0 Å². The number of carboxylic acid groups (broad SMARTS) is 1. The van der Waals surface area contributed by atoms with Crippen LogP contribution in [0, 0.1) is 0 Å². The number of ether oxygens (including phenoxy) is 2. The molecule has 0 aromatic heterocycles. The smallest absolute Gasteiger partial charge is 0.417 e. The summed E-state index contributed by atoms with van der Waals surface area (Å²) < 4.78 is 49.7. The maximum Gasteiger partial charge on any atom is 0.417 e. The Hall–Kier alpha value is -3.30. The van der Waals surface area contributed by atoms with E-state index in [1.54, 1.807) is 0 Å². The molecule has 2 rings (SSSR count). The standard InChI is InChI=1S/C18H16F3NO6/c1-3-28-17(26)22(9-14(23)24)16(25)15-11-5-4-6-12(18(19,20)21)10(11)7-8-13(15)27-2/h4-8H,3,9H2,1-2H3,(H,23,24). The van der Waals surface area contributed by atoms with Gasteiger partial charge in [-0.1, -0.05) is 18.2 Å². The number of fused-ring (bicyclic) bond motifs is 1. The van der Waals surface area contributed by atoms with Gasteiger partial charge in [0, 0.05) is 0 Å². The summed E-state index contributed by atoms with van der Waals surface area (Å²) in [5, 5.41) is 8.57. The van der Waals surface area contributed by atoms with Gasteiger partial charge in [0.2, 0.25) is 0 Å². The molecule has 0 aliphatic rings. The molecule has 0 radical (unpaired) electrons. The Morgan fingerprint density at radius 1 is 1.11 bits per heavy atom. The van der Waals surface area contributed by atoms with Crippen molar-refractivity contribution in [2.75, 3.05) is 20.3 Å². The Labute approximate surface area is 157 Å². The van der Waals surface area contributed by atoms with Gasteiger partial charge in [-0.15, -0.1) is 0 Å². The normalized spacial score (nSPS) is 11.2. The van der Waals surface area contributed by atoms with Crippen LogP contribution in [0.25, 0.3) is 10.8 Å². The van der Waals surface area contributed by atoms with Crippen LogP contribution >= 0.6 is 0 Å². The third kappa shape index (κ3) is 4.16. The molecule has 28 heavy (non-hydrogen) atoms. The van der Waals surface area contributed by atoms with Crippen LogP contribution in [-0.4, -0.2) is 48.2 Å². The number of carbonyl (C=O) groups is 3. The number of nitrogens with zero attached hydrogens (tertiary/aromatic N) is 1. The first-order chi connectivity index (χ1) is 13.1. The molecule has 150 valence electrons. The highest BCUT2D eigenvalue weighted by molar-refractivity contribution is 6.14. The Kier molecular flexibility index (Phi) is 6.12. The summed E-state index contributed by atoms with van der Waals surface area (Å²) in [7, 11) is 1.19. The summed E-state index contributed by atoms with van der Waals surface area (Å²) in [6.45, 7) is 0.290. The lowest BCUT2D eigenvalue weighted by Crippen LogP contribution is -2.41. The van der Waals surface area contributed by atoms with Crippen LogP contribution in [0.3, 0.4) is 0 Å². The van der Waals surface area contributed by atoms with E-state index in [4.69, 9.17) is 14.6 Å². The van der Waals surface area contributed by atoms with Crippen molar-refractivity contribution in [1.29, 1.82) is 0 Å². The highest BCUT2D eigenvalue weighted by Gasteiger charge is 2.35. The van der Waals surface area contributed by atoms with Gasteiger partial charge in [-0.3, -0.25) is 9.59 Å². The average molecular weight is 399 g/mol. The van der Waals surface area contributed by atoms with Crippen LogP contribution < -0.4 is 4.74 Å². The minimum atomic E-state index is -4.68. The molecule has 2 aromatic rings. The molecule has 1 N–H and O–H groups in total. The maximum absolute atomic E-state index is 13.3. The van der Waals surface area contributed by atoms with Crippen molar-refractivity contribution in [2.45, 2.75) is 13.1 Å². The molecule has 0 unspecified atom stereocenters. The van der Waals surface area contributed by atoms with E-state index in [0.29, 0.717) is 4.90 Å². The first kappa shape index (κ1) is 21.0. The fraction of sp³-hybridized carbons (Fsp3) is 0.278. The minimum Gasteiger partial charge on any atom is -0.496 e. The van der Waals surface area contributed by atoms with Gasteiger partial charge in [0.15, 0.2) is 0 Å². The Balaban J connectivity index is 2.73. The Morgan fingerprint density at radius 3 is 2.32 bits per heavy atom. The second-order valence-electron chi connectivity index (χ2n) is 5.53. The lowest BCUT2D eigenvalue weighted by molar-refractivity contribution is -0.137. The number of benzene rings is 2. The van der Waals surface area contributed by atoms with Crippen LogP contribution in [0.2, 0.25) is 0 Å². The fourth-order valence-corrected chi connectivity index (χ4v) is 2.67. The third-order valence-corrected chi connectivity index (χ3v) is 3.79. The molecular formula is C18H16F3NO6. The Morgan fingerprint density at radius 2 is 1.79 bits per heavy atom. The van der Waals surface area contributed by atoms with Gasteiger partial charge < -0.3 is 14.6 Å². The molecule has 0 saturated carbocycles. The fourth-order valence-electron chi connectivity index (χ4n) is 2.67. The number of carbonyl (C=O) groups excluding carboxylic acids is 2. The lowest BCUT2D eigenvalue weighted by atomic mass is 9.98. The molecular weight excluding hydrogens is 383 g/mol. The highest BCUT2D eigenvalue weighted by atomic mass is 19.4. The second kappa shape index (κ2) is 8.15. The number of rotatable bonds is 5. The monoisotopic (exact) mass is 399 g/mol. The Bertz CT molecular complexity index is 925. The van der Waals surface area contributed by atoms with E-state index in [1.807, 2.05) is 0 Å². The van der Waals surface area contributed by atoms with Crippen molar-refractivity contribution in [3.63, 3.8) is 0 Å². The van der Waals surface area contributed by atoms with E-state index in [9.17, 15) is 27.6 Å². The molecule has 7 nitrogen and oxygen atoms in total. The number of carboxylic acids is 1. The van der Waals surface area contributed by atoms with Gasteiger partial charge in [0.25, 0.3) is 5.91 Å². The maximum atomic E-state index is 13.3. The SMILES string of the molecule is CCOC(=O)N(CC(=O)O)C(=O)c1c(OC)ccc2c(C(F)(F)F)cccc12. The van der Waals surface area contributed by atoms with Crippen molar-refractivity contribution in [1.82, 2.24) is 4.90 Å². The minimum absolute atomic E-state index is 0.114. The zero-order valence-corrected chi connectivity index (χ0v) is 14.9. The number of halogens is 3. The van der Waals surface area contributed by atoms with Crippen LogP contribution in [-0.2, 0) is 15.7 Å². The van der Waals surface area contributed by atoms with Crippen molar-refractivity contribution < 1.29 is 42.1 Å². The number of hydrogen-bond acceptors (Lipinski definition) is 5. The zero-order valence-electron chi connectivity index (χ0n) is 14.9. The van der Waals surface area contributed by atoms with Crippen molar-refractivity contribution in [3.05, 3.63) is 41.5 Å². The van der Waals surface area contributed by atoms with Gasteiger partial charge in [-0.2, -0.15) is 13.2 Å². The summed E-state index contributed by atoms with van der Waals surface area (Å²) >= 11 is 0. The summed E-state index contributed by atoms with van der Waals surface area (Å²) in [4.78, 5) is 36.4. The van der Waals surface area contributed by atoms with E-state index in [1.165, 1.54) is 20.1 Å². The summed E-state index contributed by atoms with van der Waals surface area (Å²) in [5.41, 5.74) is -1.36. The topological polar surface area (TPSA) is 93.1 Å². The molecule has 0 aliphatic heterocycles. The van der Waals surface area contributed by atoms with E-state index in [-0.39, 0.29) is 28.7 Å². The quantitative estimate of drug-likeness (QED) is 0.827. The average Bonchev–Trinajstić information content (AvgIpc) is 2.63. The van der Waals surface area contributed by atoms with Crippen molar-refractivity contribution in [3.8, 4) is 5.75 Å². The molecule has 0 saturated heterocycles. The van der Waals surface area contributed by atoms with Crippen molar-refractivity contribution in [2.24, 2.45) is 0 Å². The molecule has 0 bridgehead atoms. The van der Waals surface area contributed by atoms with Gasteiger partial charge in [-0.25, -0.2) is 9.69 Å². The number of alkyl halides is 3. The predicted octanol–water partition coefficient (Wildman–Crippen LogP) is 3.55. The van der Waals surface area contributed by atoms with Gasteiger partial charge in [0.1, 0.15) is 12.3 Å². The second-order valence-corrected chi connectivity index (χ2v) is 5.53. The molecule has 0 atom stereocenters. The van der Waals surface area contributed by atoms with Crippen LogP contribution in [0.4, 0.5) is 18.0 Å². The molecule has 10 heteroatoms. The largest absolute Gasteiger partial charge is 0.496 e. The summed E-state index contributed by atoms with van der Waals surface area (Å²) in [5.74, 6) is -2.77. The van der Waals surface area contributed by atoms with E-state index in [0.717, 1.165) is 24.3 Å². The summed E-state index contributed by atoms with van der Waals surface area (Å²) in [6, 6.07) is 5.50. The molecule has 0 heterocycles. The number of aliphatic carboxylic acids is 1. The molecule has 0 fully saturated rings. The van der Waals surface area contributed by atoms with Gasteiger partial charge in [0.05, 0.1) is 24.8 Å².